The van der Waals surface area contributed by atoms with Crippen molar-refractivity contribution < 1.29 is 8.42 Å². The van der Waals surface area contributed by atoms with Crippen LogP contribution in [0.25, 0.3) is 0 Å². The number of rotatable bonds is 5. The van der Waals surface area contributed by atoms with Crippen LogP contribution in [0.15, 0.2) is 23.4 Å². The highest BCUT2D eigenvalue weighted by molar-refractivity contribution is 7.92. The van der Waals surface area contributed by atoms with Crippen molar-refractivity contribution in [2.75, 3.05) is 4.72 Å². The van der Waals surface area contributed by atoms with Gasteiger partial charge in [0.25, 0.3) is 10.0 Å². The number of aryl methyl sites for hydroxylation is 2. The topological polar surface area (TPSA) is 81.8 Å². The van der Waals surface area contributed by atoms with Crippen LogP contribution in [0, 0.1) is 6.92 Å². The molecular weight excluding hydrogens is 278 g/mol. The van der Waals surface area contributed by atoms with Crippen LogP contribution in [0.3, 0.4) is 0 Å². The van der Waals surface area contributed by atoms with Crippen molar-refractivity contribution >= 4 is 15.8 Å². The van der Waals surface area contributed by atoms with E-state index in [0.29, 0.717) is 12.4 Å². The van der Waals surface area contributed by atoms with Crippen molar-refractivity contribution in [2.24, 2.45) is 0 Å². The van der Waals surface area contributed by atoms with Crippen LogP contribution in [0.1, 0.15) is 32.5 Å². The Morgan fingerprint density at radius 2 is 2.10 bits per heavy atom. The average molecular weight is 297 g/mol. The first-order valence-electron chi connectivity index (χ1n) is 6.45. The highest BCUT2D eigenvalue weighted by atomic mass is 32.2. The minimum atomic E-state index is -3.64. The van der Waals surface area contributed by atoms with Gasteiger partial charge in [0.15, 0.2) is 0 Å². The molecule has 8 heteroatoms. The molecular formula is C12H19N5O2S. The number of hydrogen-bond acceptors (Lipinski definition) is 4. The zero-order valence-corrected chi connectivity index (χ0v) is 12.8. The van der Waals surface area contributed by atoms with E-state index in [2.05, 4.69) is 14.9 Å². The summed E-state index contributed by atoms with van der Waals surface area (Å²) >= 11 is 0. The summed E-state index contributed by atoms with van der Waals surface area (Å²) in [5.74, 6) is 0.460. The van der Waals surface area contributed by atoms with Crippen LogP contribution in [-0.2, 0) is 16.6 Å². The van der Waals surface area contributed by atoms with Gasteiger partial charge in [0, 0.05) is 24.8 Å². The Labute approximate surface area is 118 Å². The van der Waals surface area contributed by atoms with Gasteiger partial charge in [0.1, 0.15) is 10.7 Å². The quantitative estimate of drug-likeness (QED) is 0.912. The van der Waals surface area contributed by atoms with E-state index in [-0.39, 0.29) is 10.9 Å². The molecule has 0 aliphatic carbocycles. The molecule has 0 saturated carbocycles. The molecule has 0 fully saturated rings. The van der Waals surface area contributed by atoms with Crippen LogP contribution in [0.5, 0.6) is 0 Å². The van der Waals surface area contributed by atoms with Gasteiger partial charge >= 0.3 is 0 Å². The van der Waals surface area contributed by atoms with Crippen LogP contribution >= 0.6 is 0 Å². The molecule has 0 spiro atoms. The number of aromatic nitrogens is 4. The van der Waals surface area contributed by atoms with Gasteiger partial charge in [-0.1, -0.05) is 0 Å². The smallest absolute Gasteiger partial charge is 0.266 e. The maximum Gasteiger partial charge on any atom is 0.266 e. The Bertz CT molecular complexity index is 699. The van der Waals surface area contributed by atoms with E-state index in [1.165, 1.54) is 12.4 Å². The molecule has 20 heavy (non-hydrogen) atoms. The average Bonchev–Trinajstić information content (AvgIpc) is 2.95. The predicted octanol–water partition coefficient (Wildman–Crippen LogP) is 1.79. The van der Waals surface area contributed by atoms with Gasteiger partial charge in [0.05, 0.1) is 11.9 Å². The minimum absolute atomic E-state index is 0.113. The molecule has 0 radical (unpaired) electrons. The first-order valence-corrected chi connectivity index (χ1v) is 7.93. The SMILES string of the molecule is CCn1nc(C)cc1NS(=O)(=O)c1cnn(C(C)C)c1. The summed E-state index contributed by atoms with van der Waals surface area (Å²) in [5.41, 5.74) is 0.766. The molecule has 0 aromatic carbocycles. The van der Waals surface area contributed by atoms with Gasteiger partial charge in [-0.15, -0.1) is 0 Å². The third-order valence-corrected chi connectivity index (χ3v) is 4.17. The molecule has 1 N–H and O–H groups in total. The summed E-state index contributed by atoms with van der Waals surface area (Å²) in [5, 5.41) is 8.26. The Balaban J connectivity index is 2.30. The van der Waals surface area contributed by atoms with Gasteiger partial charge in [0.2, 0.25) is 0 Å². The largest absolute Gasteiger partial charge is 0.269 e. The van der Waals surface area contributed by atoms with E-state index in [0.717, 1.165) is 5.69 Å². The van der Waals surface area contributed by atoms with Gasteiger partial charge < -0.3 is 0 Å². The Morgan fingerprint density at radius 1 is 1.40 bits per heavy atom. The van der Waals surface area contributed by atoms with Gasteiger partial charge in [-0.25, -0.2) is 13.1 Å². The van der Waals surface area contributed by atoms with E-state index in [1.54, 1.807) is 15.4 Å². The lowest BCUT2D eigenvalue weighted by atomic mass is 10.4. The third kappa shape index (κ3) is 2.84. The molecule has 2 rings (SSSR count). The minimum Gasteiger partial charge on any atom is -0.269 e. The van der Waals surface area contributed by atoms with E-state index in [1.807, 2.05) is 27.7 Å². The van der Waals surface area contributed by atoms with Gasteiger partial charge in [-0.3, -0.25) is 9.40 Å². The van der Waals surface area contributed by atoms with Crippen molar-refractivity contribution in [1.82, 2.24) is 19.6 Å². The van der Waals surface area contributed by atoms with Gasteiger partial charge in [-0.2, -0.15) is 10.2 Å². The normalized spacial score (nSPS) is 12.1. The molecule has 0 atom stereocenters. The van der Waals surface area contributed by atoms with Gasteiger partial charge in [-0.05, 0) is 27.7 Å². The summed E-state index contributed by atoms with van der Waals surface area (Å²) in [6.07, 6.45) is 2.87. The van der Waals surface area contributed by atoms with Crippen LogP contribution in [0.4, 0.5) is 5.82 Å². The zero-order chi connectivity index (χ0) is 14.9. The van der Waals surface area contributed by atoms with Crippen molar-refractivity contribution in [2.45, 2.75) is 45.2 Å². The number of sulfonamides is 1. The fourth-order valence-corrected chi connectivity index (χ4v) is 2.80. The maximum atomic E-state index is 12.3. The Kier molecular flexibility index (Phi) is 3.85. The number of hydrogen-bond donors (Lipinski definition) is 1. The summed E-state index contributed by atoms with van der Waals surface area (Å²) < 4.78 is 30.4. The molecule has 0 unspecified atom stereocenters. The van der Waals surface area contributed by atoms with E-state index < -0.39 is 10.0 Å². The van der Waals surface area contributed by atoms with Crippen molar-refractivity contribution in [3.05, 3.63) is 24.2 Å². The molecule has 2 heterocycles. The molecule has 0 saturated heterocycles. The van der Waals surface area contributed by atoms with Crippen molar-refractivity contribution in [3.63, 3.8) is 0 Å². The summed E-state index contributed by atoms with van der Waals surface area (Å²) in [4.78, 5) is 0.146. The molecule has 0 aliphatic rings. The molecule has 0 amide bonds. The standard InChI is InChI=1S/C12H19N5O2S/c1-5-16-12(6-10(4)14-16)15-20(18,19)11-7-13-17(8-11)9(2)3/h6-9,15H,5H2,1-4H3. The Hall–Kier alpha value is -1.83. The second-order valence-corrected chi connectivity index (χ2v) is 6.52. The summed E-state index contributed by atoms with van der Waals surface area (Å²) in [6.45, 7) is 8.19. The number of nitrogens with one attached hydrogen (secondary N) is 1. The van der Waals surface area contributed by atoms with Crippen molar-refractivity contribution in [1.29, 1.82) is 0 Å². The van der Waals surface area contributed by atoms with Crippen LogP contribution < -0.4 is 4.72 Å². The Morgan fingerprint density at radius 3 is 2.65 bits per heavy atom. The molecule has 110 valence electrons. The van der Waals surface area contributed by atoms with Crippen LogP contribution in [0.2, 0.25) is 0 Å². The highest BCUT2D eigenvalue weighted by Crippen LogP contribution is 2.17. The second-order valence-electron chi connectivity index (χ2n) is 4.84. The maximum absolute atomic E-state index is 12.3. The molecule has 7 nitrogen and oxygen atoms in total. The van der Waals surface area contributed by atoms with Crippen molar-refractivity contribution in [3.8, 4) is 0 Å². The molecule has 0 bridgehead atoms. The molecule has 0 aliphatic heterocycles. The lowest BCUT2D eigenvalue weighted by Gasteiger charge is -2.07. The zero-order valence-electron chi connectivity index (χ0n) is 12.0. The first kappa shape index (κ1) is 14.6. The van der Waals surface area contributed by atoms with E-state index in [9.17, 15) is 8.42 Å². The van der Waals surface area contributed by atoms with Crippen LogP contribution in [-0.4, -0.2) is 28.0 Å². The number of anilines is 1. The monoisotopic (exact) mass is 297 g/mol. The lowest BCUT2D eigenvalue weighted by molar-refractivity contribution is 0.531. The fourth-order valence-electron chi connectivity index (χ4n) is 1.81. The second kappa shape index (κ2) is 5.28. The number of nitrogens with zero attached hydrogens (tertiary/aromatic N) is 4. The first-order chi connectivity index (χ1) is 9.33. The predicted molar refractivity (Wildman–Crippen MR) is 76.1 cm³/mol. The van der Waals surface area contributed by atoms with E-state index in [4.69, 9.17) is 0 Å². The third-order valence-electron chi connectivity index (χ3n) is 2.86. The lowest BCUT2D eigenvalue weighted by Crippen LogP contribution is -2.15. The fraction of sp³-hybridized carbons (Fsp3) is 0.500. The summed E-state index contributed by atoms with van der Waals surface area (Å²) in [6, 6.07) is 1.82. The summed E-state index contributed by atoms with van der Waals surface area (Å²) in [7, 11) is -3.64. The molecule has 2 aromatic rings. The highest BCUT2D eigenvalue weighted by Gasteiger charge is 2.19. The molecule has 2 aromatic heterocycles. The van der Waals surface area contributed by atoms with E-state index >= 15 is 0 Å².